The molecule has 1 N–H and O–H groups in total. The summed E-state index contributed by atoms with van der Waals surface area (Å²) >= 11 is 0. The van der Waals surface area contributed by atoms with Crippen molar-refractivity contribution in [3.63, 3.8) is 0 Å². The van der Waals surface area contributed by atoms with E-state index < -0.39 is 5.60 Å². The number of benzene rings is 1. The summed E-state index contributed by atoms with van der Waals surface area (Å²) in [5.74, 6) is 0.651. The van der Waals surface area contributed by atoms with E-state index in [2.05, 4.69) is 20.6 Å². The highest BCUT2D eigenvalue weighted by atomic mass is 16.3. The molecule has 0 unspecified atom stereocenters. The maximum atomic E-state index is 13.0. The van der Waals surface area contributed by atoms with Crippen molar-refractivity contribution in [3.05, 3.63) is 76.2 Å². The predicted molar refractivity (Wildman–Crippen MR) is 118 cm³/mol. The van der Waals surface area contributed by atoms with Crippen LogP contribution in [-0.2, 0) is 13.1 Å². The van der Waals surface area contributed by atoms with Gasteiger partial charge in [0.1, 0.15) is 17.7 Å². The molecule has 1 aliphatic rings. The molecule has 3 aromatic heterocycles. The lowest BCUT2D eigenvalue weighted by Crippen LogP contribution is -2.49. The van der Waals surface area contributed by atoms with Crippen LogP contribution in [0.5, 0.6) is 0 Å². The highest BCUT2D eigenvalue weighted by molar-refractivity contribution is 5.94. The van der Waals surface area contributed by atoms with E-state index in [4.69, 9.17) is 0 Å². The van der Waals surface area contributed by atoms with Gasteiger partial charge in [-0.25, -0.2) is 9.20 Å². The second kappa shape index (κ2) is 8.24. The number of amides is 1. The van der Waals surface area contributed by atoms with Gasteiger partial charge in [0.15, 0.2) is 0 Å². The van der Waals surface area contributed by atoms with Crippen LogP contribution in [0.3, 0.4) is 0 Å². The molecule has 0 spiro atoms. The lowest BCUT2D eigenvalue weighted by molar-refractivity contribution is -0.0300. The summed E-state index contributed by atoms with van der Waals surface area (Å²) < 4.78 is 4.65. The van der Waals surface area contributed by atoms with E-state index in [1.165, 1.54) is 15.4 Å². The number of carbonyl (C=O) groups excluding carboxylic acids is 1. The molecule has 0 bridgehead atoms. The molecule has 5 rings (SSSR count). The molecule has 1 aromatic carbocycles. The van der Waals surface area contributed by atoms with Crippen molar-refractivity contribution in [3.8, 4) is 0 Å². The fourth-order valence-corrected chi connectivity index (χ4v) is 4.18. The summed E-state index contributed by atoms with van der Waals surface area (Å²) in [6.45, 7) is 3.34. The monoisotopic (exact) mass is 448 g/mol. The van der Waals surface area contributed by atoms with E-state index in [0.717, 1.165) is 11.4 Å². The quantitative estimate of drug-likeness (QED) is 0.472. The van der Waals surface area contributed by atoms with Gasteiger partial charge in [-0.2, -0.15) is 5.10 Å². The van der Waals surface area contributed by atoms with Crippen molar-refractivity contribution in [2.24, 2.45) is 0 Å². The van der Waals surface area contributed by atoms with Crippen LogP contribution in [0.1, 0.15) is 34.6 Å². The van der Waals surface area contributed by atoms with Crippen molar-refractivity contribution < 1.29 is 9.90 Å². The van der Waals surface area contributed by atoms with Gasteiger partial charge >= 0.3 is 0 Å². The zero-order chi connectivity index (χ0) is 23.0. The first kappa shape index (κ1) is 21.0. The summed E-state index contributed by atoms with van der Waals surface area (Å²) in [5.41, 5.74) is 0.790. The first-order chi connectivity index (χ1) is 15.9. The van der Waals surface area contributed by atoms with Gasteiger partial charge < -0.3 is 10.0 Å². The third-order valence-corrected chi connectivity index (χ3v) is 6.21. The van der Waals surface area contributed by atoms with Gasteiger partial charge in [0, 0.05) is 24.8 Å². The number of fused-ring (bicyclic) bond motifs is 1. The predicted octanol–water partition coefficient (Wildman–Crippen LogP) is 0.507. The van der Waals surface area contributed by atoms with E-state index in [1.807, 2.05) is 19.1 Å². The molecule has 1 fully saturated rings. The van der Waals surface area contributed by atoms with Gasteiger partial charge in [-0.1, -0.05) is 12.1 Å². The Morgan fingerprint density at radius 1 is 1.15 bits per heavy atom. The SMILES string of the molecule is Cc1nnnn1Cc1ccc(C(=O)N2CCC(O)(Cn3cnn4cccc4c3=O)CC2)cc1. The average Bonchev–Trinajstić information content (AvgIpc) is 3.46. The van der Waals surface area contributed by atoms with Gasteiger partial charge in [-0.15, -0.1) is 5.10 Å². The second-order valence-electron chi connectivity index (χ2n) is 8.50. The minimum absolute atomic E-state index is 0.0735. The zero-order valence-corrected chi connectivity index (χ0v) is 18.2. The summed E-state index contributed by atoms with van der Waals surface area (Å²) in [5, 5.41) is 26.7. The van der Waals surface area contributed by atoms with E-state index in [1.54, 1.807) is 40.0 Å². The lowest BCUT2D eigenvalue weighted by Gasteiger charge is -2.38. The molecule has 11 nitrogen and oxygen atoms in total. The Hall–Kier alpha value is -3.86. The number of tetrazole rings is 1. The Morgan fingerprint density at radius 3 is 2.61 bits per heavy atom. The maximum absolute atomic E-state index is 13.0. The van der Waals surface area contributed by atoms with E-state index in [0.29, 0.717) is 43.6 Å². The van der Waals surface area contributed by atoms with Crippen LogP contribution < -0.4 is 5.56 Å². The number of hydrogen-bond acceptors (Lipinski definition) is 7. The molecule has 11 heteroatoms. The largest absolute Gasteiger partial charge is 0.388 e. The van der Waals surface area contributed by atoms with Crippen LogP contribution in [0.15, 0.2) is 53.7 Å². The van der Waals surface area contributed by atoms with Crippen LogP contribution in [0.25, 0.3) is 5.52 Å². The third kappa shape index (κ3) is 4.14. The topological polar surface area (TPSA) is 123 Å². The molecule has 1 amide bonds. The molecule has 170 valence electrons. The number of hydrogen-bond donors (Lipinski definition) is 1. The van der Waals surface area contributed by atoms with Crippen LogP contribution in [0.2, 0.25) is 0 Å². The van der Waals surface area contributed by atoms with E-state index >= 15 is 0 Å². The van der Waals surface area contributed by atoms with Gasteiger partial charge in [-0.3, -0.25) is 14.2 Å². The van der Waals surface area contributed by atoms with Crippen LogP contribution in [0.4, 0.5) is 0 Å². The molecule has 1 aliphatic heterocycles. The highest BCUT2D eigenvalue weighted by Gasteiger charge is 2.35. The van der Waals surface area contributed by atoms with Crippen molar-refractivity contribution in [2.45, 2.75) is 38.5 Å². The number of aromatic nitrogens is 7. The molecule has 1 saturated heterocycles. The fourth-order valence-electron chi connectivity index (χ4n) is 4.18. The van der Waals surface area contributed by atoms with Crippen molar-refractivity contribution >= 4 is 11.4 Å². The molecule has 0 atom stereocenters. The van der Waals surface area contributed by atoms with Gasteiger partial charge in [0.05, 0.1) is 18.7 Å². The number of likely N-dealkylation sites (tertiary alicyclic amines) is 1. The van der Waals surface area contributed by atoms with E-state index in [9.17, 15) is 14.7 Å². The lowest BCUT2D eigenvalue weighted by atomic mass is 9.91. The Balaban J connectivity index is 1.22. The number of aliphatic hydroxyl groups is 1. The minimum atomic E-state index is -1.07. The molecule has 4 aromatic rings. The van der Waals surface area contributed by atoms with Gasteiger partial charge in [-0.05, 0) is 60.0 Å². The van der Waals surface area contributed by atoms with Crippen molar-refractivity contribution in [2.75, 3.05) is 13.1 Å². The zero-order valence-electron chi connectivity index (χ0n) is 18.2. The normalized spacial score (nSPS) is 15.8. The Labute approximate surface area is 188 Å². The van der Waals surface area contributed by atoms with Crippen LogP contribution >= 0.6 is 0 Å². The summed E-state index contributed by atoms with van der Waals surface area (Å²) in [6, 6.07) is 10.8. The Bertz CT molecular complexity index is 1350. The summed E-state index contributed by atoms with van der Waals surface area (Å²) in [4.78, 5) is 27.3. The Kier molecular flexibility index (Phi) is 5.25. The molecule has 0 aliphatic carbocycles. The van der Waals surface area contributed by atoms with Crippen LogP contribution in [0, 0.1) is 6.92 Å². The van der Waals surface area contributed by atoms with Crippen LogP contribution in [-0.4, -0.2) is 69.0 Å². The second-order valence-corrected chi connectivity index (χ2v) is 8.50. The average molecular weight is 448 g/mol. The van der Waals surface area contributed by atoms with Crippen molar-refractivity contribution in [1.82, 2.24) is 39.3 Å². The Morgan fingerprint density at radius 2 is 1.91 bits per heavy atom. The van der Waals surface area contributed by atoms with E-state index in [-0.39, 0.29) is 18.0 Å². The fraction of sp³-hybridized carbons (Fsp3) is 0.364. The smallest absolute Gasteiger partial charge is 0.277 e. The number of aryl methyl sites for hydroxylation is 1. The molecule has 4 heterocycles. The maximum Gasteiger partial charge on any atom is 0.277 e. The molecule has 33 heavy (non-hydrogen) atoms. The van der Waals surface area contributed by atoms with Crippen molar-refractivity contribution in [1.29, 1.82) is 0 Å². The standard InChI is InChI=1S/C22H24N8O3/c1-16-24-25-26-30(16)13-17-4-6-18(7-5-17)20(31)27-11-8-22(33,9-12-27)14-28-15-23-29-10-2-3-19(29)21(28)32/h2-7,10,15,33H,8-9,11-14H2,1H3. The molecule has 0 radical (unpaired) electrons. The summed E-state index contributed by atoms with van der Waals surface area (Å²) in [7, 11) is 0. The molecular weight excluding hydrogens is 424 g/mol. The van der Waals surface area contributed by atoms with Gasteiger partial charge in [0.25, 0.3) is 11.5 Å². The minimum Gasteiger partial charge on any atom is -0.388 e. The number of piperidine rings is 1. The third-order valence-electron chi connectivity index (χ3n) is 6.21. The molecular formula is C22H24N8O3. The molecule has 0 saturated carbocycles. The number of nitrogens with zero attached hydrogens (tertiary/aromatic N) is 8. The summed E-state index contributed by atoms with van der Waals surface area (Å²) in [6.07, 6.45) is 3.92. The first-order valence-electron chi connectivity index (χ1n) is 10.8. The van der Waals surface area contributed by atoms with Gasteiger partial charge in [0.2, 0.25) is 0 Å². The first-order valence-corrected chi connectivity index (χ1v) is 10.8. The highest BCUT2D eigenvalue weighted by Crippen LogP contribution is 2.25. The number of carbonyl (C=O) groups is 1. The number of rotatable bonds is 5.